The summed E-state index contributed by atoms with van der Waals surface area (Å²) < 4.78 is 18.4. The Morgan fingerprint density at radius 2 is 2.20 bits per heavy atom. The van der Waals surface area contributed by atoms with Crippen molar-refractivity contribution in [3.8, 4) is 5.75 Å². The van der Waals surface area contributed by atoms with Gasteiger partial charge >= 0.3 is 0 Å². The number of aliphatic imine (C=N–C) groups is 1. The van der Waals surface area contributed by atoms with Crippen molar-refractivity contribution in [1.82, 2.24) is 0 Å². The summed E-state index contributed by atoms with van der Waals surface area (Å²) in [6.07, 6.45) is 5.11. The van der Waals surface area contributed by atoms with Crippen molar-refractivity contribution in [2.24, 2.45) is 10.9 Å². The first-order valence-electron chi connectivity index (χ1n) is 7.07. The summed E-state index contributed by atoms with van der Waals surface area (Å²) in [5.74, 6) is 2.08. The zero-order valence-corrected chi connectivity index (χ0v) is 12.4. The van der Waals surface area contributed by atoms with Crippen LogP contribution in [0.25, 0.3) is 0 Å². The van der Waals surface area contributed by atoms with Crippen molar-refractivity contribution in [3.05, 3.63) is 24.0 Å². The van der Waals surface area contributed by atoms with Gasteiger partial charge in [-0.15, -0.1) is 0 Å². The molecule has 3 rings (SSSR count). The van der Waals surface area contributed by atoms with Gasteiger partial charge in [0.05, 0.1) is 18.8 Å². The SMILES string of the molecule is COc1cc(F)ccc1NC1=NC2CCCCC2CS1. The molecule has 2 atom stereocenters. The molecule has 1 aliphatic carbocycles. The van der Waals surface area contributed by atoms with Gasteiger partial charge in [-0.05, 0) is 30.9 Å². The van der Waals surface area contributed by atoms with E-state index in [-0.39, 0.29) is 5.82 Å². The Morgan fingerprint density at radius 1 is 1.35 bits per heavy atom. The normalized spacial score (nSPS) is 25.6. The highest BCUT2D eigenvalue weighted by molar-refractivity contribution is 8.14. The number of fused-ring (bicyclic) bond motifs is 1. The minimum atomic E-state index is -0.294. The molecule has 1 aromatic carbocycles. The van der Waals surface area contributed by atoms with Crippen LogP contribution in [0.4, 0.5) is 10.1 Å². The Labute approximate surface area is 123 Å². The van der Waals surface area contributed by atoms with Crippen LogP contribution in [0.15, 0.2) is 23.2 Å². The number of nitrogens with zero attached hydrogens (tertiary/aromatic N) is 1. The van der Waals surface area contributed by atoms with Gasteiger partial charge in [0, 0.05) is 11.8 Å². The average molecular weight is 294 g/mol. The summed E-state index contributed by atoms with van der Waals surface area (Å²) >= 11 is 1.76. The number of benzene rings is 1. The van der Waals surface area contributed by atoms with Gasteiger partial charge in [0.15, 0.2) is 5.17 Å². The minimum Gasteiger partial charge on any atom is -0.494 e. The third-order valence-electron chi connectivity index (χ3n) is 3.99. The van der Waals surface area contributed by atoms with Crippen LogP contribution in [0.2, 0.25) is 0 Å². The van der Waals surface area contributed by atoms with Gasteiger partial charge in [0.1, 0.15) is 11.6 Å². The maximum Gasteiger partial charge on any atom is 0.161 e. The molecule has 3 nitrogen and oxygen atoms in total. The molecular formula is C15H19FN2OS. The van der Waals surface area contributed by atoms with Crippen LogP contribution in [0, 0.1) is 11.7 Å². The van der Waals surface area contributed by atoms with Gasteiger partial charge in [0.2, 0.25) is 0 Å². The maximum absolute atomic E-state index is 13.2. The highest BCUT2D eigenvalue weighted by Crippen LogP contribution is 2.35. The smallest absolute Gasteiger partial charge is 0.161 e. The zero-order valence-electron chi connectivity index (χ0n) is 11.6. The Hall–Kier alpha value is -1.23. The van der Waals surface area contributed by atoms with Crippen LogP contribution in [0.3, 0.4) is 0 Å². The first-order chi connectivity index (χ1) is 9.76. The minimum absolute atomic E-state index is 0.294. The Kier molecular flexibility index (Phi) is 4.15. The van der Waals surface area contributed by atoms with Crippen LogP contribution in [-0.4, -0.2) is 24.1 Å². The van der Waals surface area contributed by atoms with Gasteiger partial charge in [-0.25, -0.2) is 4.39 Å². The molecule has 0 radical (unpaired) electrons. The number of hydrogen-bond acceptors (Lipinski definition) is 4. The highest BCUT2D eigenvalue weighted by Gasteiger charge is 2.29. The first kappa shape index (κ1) is 13.7. The van der Waals surface area contributed by atoms with Crippen LogP contribution in [-0.2, 0) is 0 Å². The number of methoxy groups -OCH3 is 1. The molecule has 2 unspecified atom stereocenters. The largest absolute Gasteiger partial charge is 0.494 e. The van der Waals surface area contributed by atoms with E-state index in [0.29, 0.717) is 11.8 Å². The van der Waals surface area contributed by atoms with Crippen molar-refractivity contribution >= 4 is 22.6 Å². The lowest BCUT2D eigenvalue weighted by Gasteiger charge is -2.32. The second-order valence-electron chi connectivity index (χ2n) is 5.33. The van der Waals surface area contributed by atoms with E-state index in [4.69, 9.17) is 9.73 Å². The molecule has 1 heterocycles. The predicted molar refractivity (Wildman–Crippen MR) is 82.2 cm³/mol. The topological polar surface area (TPSA) is 33.6 Å². The Bertz CT molecular complexity index is 521. The standard InChI is InChI=1S/C15H19FN2OS/c1-19-14-8-11(16)6-7-13(14)18-15-17-12-5-3-2-4-10(12)9-20-15/h6-8,10,12H,2-5,9H2,1H3,(H,17,18). The third kappa shape index (κ3) is 2.92. The fraction of sp³-hybridized carbons (Fsp3) is 0.533. The van der Waals surface area contributed by atoms with Gasteiger partial charge in [-0.1, -0.05) is 24.6 Å². The van der Waals surface area contributed by atoms with Crippen LogP contribution >= 0.6 is 11.8 Å². The molecule has 1 saturated carbocycles. The van der Waals surface area contributed by atoms with E-state index in [1.165, 1.54) is 37.8 Å². The van der Waals surface area contributed by atoms with Crippen LogP contribution < -0.4 is 10.1 Å². The summed E-state index contributed by atoms with van der Waals surface area (Å²) in [7, 11) is 1.55. The first-order valence-corrected chi connectivity index (χ1v) is 8.06. The van der Waals surface area contributed by atoms with Gasteiger partial charge < -0.3 is 10.1 Å². The lowest BCUT2D eigenvalue weighted by molar-refractivity contribution is 0.336. The molecule has 0 amide bonds. The summed E-state index contributed by atoms with van der Waals surface area (Å²) in [5.41, 5.74) is 0.773. The molecule has 108 valence electrons. The molecule has 0 spiro atoms. The zero-order chi connectivity index (χ0) is 13.9. The van der Waals surface area contributed by atoms with Crippen molar-refractivity contribution < 1.29 is 9.13 Å². The molecule has 5 heteroatoms. The average Bonchev–Trinajstić information content (AvgIpc) is 2.49. The summed E-state index contributed by atoms with van der Waals surface area (Å²) in [6.45, 7) is 0. The molecule has 2 aliphatic rings. The molecule has 0 saturated heterocycles. The molecular weight excluding hydrogens is 275 g/mol. The van der Waals surface area contributed by atoms with E-state index >= 15 is 0 Å². The van der Waals surface area contributed by atoms with Crippen molar-refractivity contribution in [2.75, 3.05) is 18.2 Å². The quantitative estimate of drug-likeness (QED) is 0.898. The van der Waals surface area contributed by atoms with E-state index in [1.54, 1.807) is 24.9 Å². The van der Waals surface area contributed by atoms with E-state index in [0.717, 1.165) is 22.5 Å². The predicted octanol–water partition coefficient (Wildman–Crippen LogP) is 3.91. The van der Waals surface area contributed by atoms with E-state index in [2.05, 4.69) is 5.32 Å². The van der Waals surface area contributed by atoms with E-state index in [1.807, 2.05) is 0 Å². The van der Waals surface area contributed by atoms with Gasteiger partial charge in [0.25, 0.3) is 0 Å². The molecule has 0 bridgehead atoms. The summed E-state index contributed by atoms with van der Waals surface area (Å²) in [4.78, 5) is 4.82. The fourth-order valence-corrected chi connectivity index (χ4v) is 4.03. The second kappa shape index (κ2) is 6.04. The van der Waals surface area contributed by atoms with Crippen LogP contribution in [0.1, 0.15) is 25.7 Å². The Balaban J connectivity index is 1.76. The monoisotopic (exact) mass is 294 g/mol. The fourth-order valence-electron chi connectivity index (χ4n) is 2.88. The number of rotatable bonds is 2. The van der Waals surface area contributed by atoms with Crippen molar-refractivity contribution in [3.63, 3.8) is 0 Å². The van der Waals surface area contributed by atoms with Crippen molar-refractivity contribution in [2.45, 2.75) is 31.7 Å². The Morgan fingerprint density at radius 3 is 3.05 bits per heavy atom. The van der Waals surface area contributed by atoms with E-state index in [9.17, 15) is 4.39 Å². The number of hydrogen-bond donors (Lipinski definition) is 1. The second-order valence-corrected chi connectivity index (χ2v) is 6.34. The molecule has 1 N–H and O–H groups in total. The number of amidine groups is 1. The van der Waals surface area contributed by atoms with Gasteiger partial charge in [-0.3, -0.25) is 4.99 Å². The number of halogens is 1. The highest BCUT2D eigenvalue weighted by atomic mass is 32.2. The lowest BCUT2D eigenvalue weighted by atomic mass is 9.86. The number of nitrogens with one attached hydrogen (secondary N) is 1. The molecule has 1 fully saturated rings. The van der Waals surface area contributed by atoms with E-state index < -0.39 is 0 Å². The van der Waals surface area contributed by atoms with Crippen LogP contribution in [0.5, 0.6) is 5.75 Å². The molecule has 20 heavy (non-hydrogen) atoms. The van der Waals surface area contributed by atoms with Crippen molar-refractivity contribution in [1.29, 1.82) is 0 Å². The molecule has 1 aromatic rings. The maximum atomic E-state index is 13.2. The molecule has 0 aromatic heterocycles. The molecule has 1 aliphatic heterocycles. The number of anilines is 1. The third-order valence-corrected chi connectivity index (χ3v) is 5.07. The number of ether oxygens (including phenoxy) is 1. The lowest BCUT2D eigenvalue weighted by Crippen LogP contribution is -2.31. The number of thioether (sulfide) groups is 1. The van der Waals surface area contributed by atoms with Gasteiger partial charge in [-0.2, -0.15) is 0 Å². The summed E-state index contributed by atoms with van der Waals surface area (Å²) in [5, 5.41) is 4.21. The summed E-state index contributed by atoms with van der Waals surface area (Å²) in [6, 6.07) is 4.98.